The van der Waals surface area contributed by atoms with Crippen molar-refractivity contribution in [3.63, 3.8) is 0 Å². The molecular formula is C26H32N2O6S. The molecule has 0 aromatic heterocycles. The predicted molar refractivity (Wildman–Crippen MR) is 137 cm³/mol. The van der Waals surface area contributed by atoms with Gasteiger partial charge in [-0.15, -0.1) is 0 Å². The van der Waals surface area contributed by atoms with Gasteiger partial charge in [-0.05, 0) is 71.5 Å². The van der Waals surface area contributed by atoms with Crippen LogP contribution < -0.4 is 14.8 Å². The topological polar surface area (TPSA) is 128 Å². The Hall–Kier alpha value is -3.11. The Bertz CT molecular complexity index is 1240. The summed E-state index contributed by atoms with van der Waals surface area (Å²) in [5.74, 6) is 0.602. The zero-order valence-corrected chi connectivity index (χ0v) is 20.9. The van der Waals surface area contributed by atoms with Crippen molar-refractivity contribution < 1.29 is 28.5 Å². The average molecular weight is 501 g/mol. The molecule has 3 aromatic carbocycles. The van der Waals surface area contributed by atoms with Crippen molar-refractivity contribution in [1.29, 1.82) is 0 Å². The number of aliphatic hydroxyl groups excluding tert-OH is 2. The number of aromatic hydroxyl groups is 1. The number of sulfonamides is 1. The summed E-state index contributed by atoms with van der Waals surface area (Å²) in [6.45, 7) is 5.14. The molecule has 0 unspecified atom stereocenters. The first-order chi connectivity index (χ1) is 16.6. The number of hydrogen-bond donors (Lipinski definition) is 5. The highest BCUT2D eigenvalue weighted by molar-refractivity contribution is 7.92. The van der Waals surface area contributed by atoms with E-state index in [-0.39, 0.29) is 24.6 Å². The van der Waals surface area contributed by atoms with Crippen LogP contribution in [0.5, 0.6) is 11.5 Å². The van der Waals surface area contributed by atoms with Gasteiger partial charge in [0.15, 0.2) is 0 Å². The van der Waals surface area contributed by atoms with Gasteiger partial charge in [0.1, 0.15) is 18.1 Å². The molecule has 0 amide bonds. The van der Waals surface area contributed by atoms with Gasteiger partial charge in [0.05, 0.1) is 24.7 Å². The minimum absolute atomic E-state index is 0.0196. The molecule has 35 heavy (non-hydrogen) atoms. The number of ether oxygens (including phenoxy) is 1. The third-order valence-electron chi connectivity index (χ3n) is 5.49. The second-order valence-electron chi connectivity index (χ2n) is 8.51. The van der Waals surface area contributed by atoms with Gasteiger partial charge < -0.3 is 25.4 Å². The Balaban J connectivity index is 1.53. The molecule has 3 aromatic rings. The standard InChI is InChI=1S/C26H32N2O6S/c1-17-12-22(20-6-4-19(16-29)5-7-20)13-18(2)26(17)34-11-10-27-15-25(31)21-8-9-24(30)23(14-21)28-35(3,32)33/h4-9,12-14,25,27-31H,10-11,15-16H2,1-3H3/t25-/m0/s1. The summed E-state index contributed by atoms with van der Waals surface area (Å²) >= 11 is 0. The summed E-state index contributed by atoms with van der Waals surface area (Å²) in [6, 6.07) is 16.2. The second-order valence-corrected chi connectivity index (χ2v) is 10.3. The molecule has 0 saturated heterocycles. The van der Waals surface area contributed by atoms with E-state index in [2.05, 4.69) is 22.2 Å². The van der Waals surface area contributed by atoms with Crippen molar-refractivity contribution in [2.45, 2.75) is 26.6 Å². The predicted octanol–water partition coefficient (Wildman–Crippen LogP) is 3.24. The molecule has 0 heterocycles. The zero-order valence-electron chi connectivity index (χ0n) is 20.1. The van der Waals surface area contributed by atoms with Gasteiger partial charge >= 0.3 is 0 Å². The molecule has 3 rings (SSSR count). The van der Waals surface area contributed by atoms with Crippen LogP contribution in [-0.4, -0.2) is 49.7 Å². The van der Waals surface area contributed by atoms with Crippen LogP contribution in [0.1, 0.15) is 28.4 Å². The lowest BCUT2D eigenvalue weighted by molar-refractivity contribution is 0.172. The van der Waals surface area contributed by atoms with Crippen molar-refractivity contribution >= 4 is 15.7 Å². The van der Waals surface area contributed by atoms with Crippen LogP contribution in [0.25, 0.3) is 11.1 Å². The third-order valence-corrected chi connectivity index (χ3v) is 6.08. The molecule has 8 nitrogen and oxygen atoms in total. The van der Waals surface area contributed by atoms with E-state index in [0.717, 1.165) is 39.8 Å². The molecule has 0 aliphatic heterocycles. The number of phenolic OH excluding ortho intramolecular Hbond substituents is 1. The second kappa shape index (κ2) is 11.5. The summed E-state index contributed by atoms with van der Waals surface area (Å²) in [4.78, 5) is 0. The number of aryl methyl sites for hydroxylation is 2. The van der Waals surface area contributed by atoms with E-state index >= 15 is 0 Å². The van der Waals surface area contributed by atoms with Crippen molar-refractivity contribution in [3.8, 4) is 22.6 Å². The minimum Gasteiger partial charge on any atom is -0.506 e. The first-order valence-corrected chi connectivity index (χ1v) is 13.1. The van der Waals surface area contributed by atoms with Gasteiger partial charge in [0.2, 0.25) is 10.0 Å². The maximum Gasteiger partial charge on any atom is 0.229 e. The normalized spacial score (nSPS) is 12.4. The fraction of sp³-hybridized carbons (Fsp3) is 0.308. The maximum absolute atomic E-state index is 11.4. The Morgan fingerprint density at radius 3 is 2.23 bits per heavy atom. The van der Waals surface area contributed by atoms with E-state index in [9.17, 15) is 23.7 Å². The number of rotatable bonds is 11. The van der Waals surface area contributed by atoms with Gasteiger partial charge in [-0.25, -0.2) is 8.42 Å². The number of aliphatic hydroxyl groups is 2. The lowest BCUT2D eigenvalue weighted by atomic mass is 9.99. The molecule has 0 aliphatic rings. The number of benzene rings is 3. The highest BCUT2D eigenvalue weighted by Gasteiger charge is 2.13. The smallest absolute Gasteiger partial charge is 0.229 e. The molecular weight excluding hydrogens is 468 g/mol. The van der Waals surface area contributed by atoms with Crippen LogP contribution in [0.2, 0.25) is 0 Å². The van der Waals surface area contributed by atoms with Crippen LogP contribution in [0.4, 0.5) is 5.69 Å². The van der Waals surface area contributed by atoms with Crippen molar-refractivity contribution in [1.82, 2.24) is 5.32 Å². The van der Waals surface area contributed by atoms with Crippen molar-refractivity contribution in [2.24, 2.45) is 0 Å². The number of phenols is 1. The quantitative estimate of drug-likeness (QED) is 0.202. The van der Waals surface area contributed by atoms with Crippen LogP contribution >= 0.6 is 0 Å². The first kappa shape index (κ1) is 26.5. The third kappa shape index (κ3) is 7.43. The molecule has 0 aliphatic carbocycles. The summed E-state index contributed by atoms with van der Waals surface area (Å²) < 4.78 is 31.1. The molecule has 0 fully saturated rings. The monoisotopic (exact) mass is 500 g/mol. The van der Waals surface area contributed by atoms with E-state index in [1.807, 2.05) is 38.1 Å². The summed E-state index contributed by atoms with van der Waals surface area (Å²) in [5, 5.41) is 32.6. The van der Waals surface area contributed by atoms with E-state index in [0.29, 0.717) is 18.7 Å². The molecule has 0 radical (unpaired) electrons. The van der Waals surface area contributed by atoms with Gasteiger partial charge in [-0.1, -0.05) is 30.3 Å². The highest BCUT2D eigenvalue weighted by atomic mass is 32.2. The van der Waals surface area contributed by atoms with Crippen LogP contribution in [0.3, 0.4) is 0 Å². The van der Waals surface area contributed by atoms with E-state index in [4.69, 9.17) is 4.74 Å². The molecule has 9 heteroatoms. The largest absolute Gasteiger partial charge is 0.506 e. The molecule has 0 saturated carbocycles. The fourth-order valence-electron chi connectivity index (χ4n) is 3.77. The maximum atomic E-state index is 11.4. The van der Waals surface area contributed by atoms with Gasteiger partial charge in [-0.2, -0.15) is 0 Å². The van der Waals surface area contributed by atoms with Crippen LogP contribution in [0, 0.1) is 13.8 Å². The molecule has 188 valence electrons. The molecule has 5 N–H and O–H groups in total. The number of hydrogen-bond acceptors (Lipinski definition) is 7. The van der Waals surface area contributed by atoms with E-state index < -0.39 is 16.1 Å². The van der Waals surface area contributed by atoms with Gasteiger partial charge in [0.25, 0.3) is 0 Å². The first-order valence-electron chi connectivity index (χ1n) is 11.2. The van der Waals surface area contributed by atoms with Crippen molar-refractivity contribution in [3.05, 3.63) is 76.9 Å². The average Bonchev–Trinajstić information content (AvgIpc) is 2.80. The van der Waals surface area contributed by atoms with Gasteiger partial charge in [0, 0.05) is 13.1 Å². The Kier molecular flexibility index (Phi) is 8.74. The summed E-state index contributed by atoms with van der Waals surface area (Å²) in [5.41, 5.74) is 5.54. The molecule has 0 bridgehead atoms. The van der Waals surface area contributed by atoms with E-state index in [1.165, 1.54) is 18.2 Å². The van der Waals surface area contributed by atoms with Crippen LogP contribution in [-0.2, 0) is 16.6 Å². The Morgan fingerprint density at radius 1 is 0.971 bits per heavy atom. The Labute approximate surface area is 206 Å². The van der Waals surface area contributed by atoms with Crippen LogP contribution in [0.15, 0.2) is 54.6 Å². The Morgan fingerprint density at radius 2 is 1.63 bits per heavy atom. The van der Waals surface area contributed by atoms with Gasteiger partial charge in [-0.3, -0.25) is 4.72 Å². The lowest BCUT2D eigenvalue weighted by Gasteiger charge is -2.16. The van der Waals surface area contributed by atoms with E-state index in [1.54, 1.807) is 0 Å². The number of anilines is 1. The lowest BCUT2D eigenvalue weighted by Crippen LogP contribution is -2.26. The summed E-state index contributed by atoms with van der Waals surface area (Å²) in [6.07, 6.45) is 0.0966. The molecule has 0 spiro atoms. The number of nitrogens with one attached hydrogen (secondary N) is 2. The minimum atomic E-state index is -3.55. The zero-order chi connectivity index (χ0) is 25.6. The summed E-state index contributed by atoms with van der Waals surface area (Å²) in [7, 11) is -3.55. The SMILES string of the molecule is Cc1cc(-c2ccc(CO)cc2)cc(C)c1OCCNC[C@H](O)c1ccc(O)c(NS(C)(=O)=O)c1. The highest BCUT2D eigenvalue weighted by Crippen LogP contribution is 2.31. The molecule has 1 atom stereocenters. The van der Waals surface area contributed by atoms with Crippen molar-refractivity contribution in [2.75, 3.05) is 30.7 Å². The fourth-order valence-corrected chi connectivity index (χ4v) is 4.33.